The Hall–Kier alpha value is 1.65. The molecule has 0 saturated heterocycles. The molecular formula is C6H13I2O2P. The summed E-state index contributed by atoms with van der Waals surface area (Å²) in [4.78, 5) is 9.59. The molecule has 0 bridgehead atoms. The molecule has 0 rings (SSSR count). The molecule has 0 heterocycles. The van der Waals surface area contributed by atoms with Crippen LogP contribution in [0.2, 0.25) is 0 Å². The number of hydrogen-bond acceptors (Lipinski definition) is 1. The second kappa shape index (κ2) is 5.40. The van der Waals surface area contributed by atoms with E-state index in [9.17, 15) is 9.46 Å². The van der Waals surface area contributed by atoms with Crippen molar-refractivity contribution >= 4 is 52.6 Å². The highest BCUT2D eigenvalue weighted by Gasteiger charge is 2.33. The SMILES string of the molecule is CCC(I)P(=O)(O)C(I)CC. The first kappa shape index (κ1) is 12.7. The lowest BCUT2D eigenvalue weighted by molar-refractivity contribution is 0.472. The van der Waals surface area contributed by atoms with Gasteiger partial charge < -0.3 is 4.89 Å². The van der Waals surface area contributed by atoms with Crippen LogP contribution in [0, 0.1) is 0 Å². The largest absolute Gasteiger partial charge is 0.343 e. The van der Waals surface area contributed by atoms with Crippen LogP contribution in [0.15, 0.2) is 0 Å². The summed E-state index contributed by atoms with van der Waals surface area (Å²) in [5.74, 6) is 0. The summed E-state index contributed by atoms with van der Waals surface area (Å²) in [5, 5.41) is 0. The summed E-state index contributed by atoms with van der Waals surface area (Å²) in [6, 6.07) is 0. The minimum Gasteiger partial charge on any atom is -0.343 e. The fourth-order valence-corrected chi connectivity index (χ4v) is 6.27. The summed E-state index contributed by atoms with van der Waals surface area (Å²) in [7, 11) is -2.90. The Morgan fingerprint density at radius 1 is 1.27 bits per heavy atom. The molecule has 5 heteroatoms. The van der Waals surface area contributed by atoms with E-state index >= 15 is 0 Å². The number of alkyl halides is 2. The van der Waals surface area contributed by atoms with E-state index in [1.807, 2.05) is 13.8 Å². The van der Waals surface area contributed by atoms with Crippen molar-refractivity contribution in [2.45, 2.75) is 34.0 Å². The van der Waals surface area contributed by atoms with Crippen molar-refractivity contribution in [1.82, 2.24) is 0 Å². The smallest absolute Gasteiger partial charge is 0.225 e. The Bertz CT molecular complexity index is 149. The topological polar surface area (TPSA) is 37.3 Å². The number of rotatable bonds is 4. The standard InChI is InChI=1S/C6H13I2O2P/c1-3-5(7)11(9,10)6(8)4-2/h5-6H,3-4H2,1-2H3,(H,9,10). The van der Waals surface area contributed by atoms with E-state index in [1.165, 1.54) is 0 Å². The average molecular weight is 402 g/mol. The molecular weight excluding hydrogens is 389 g/mol. The third kappa shape index (κ3) is 3.48. The zero-order valence-electron chi connectivity index (χ0n) is 6.63. The van der Waals surface area contributed by atoms with E-state index in [4.69, 9.17) is 0 Å². The van der Waals surface area contributed by atoms with E-state index in [-0.39, 0.29) is 7.33 Å². The van der Waals surface area contributed by atoms with E-state index < -0.39 is 7.37 Å². The predicted molar refractivity (Wildman–Crippen MR) is 66.0 cm³/mol. The van der Waals surface area contributed by atoms with Gasteiger partial charge in [-0.15, -0.1) is 0 Å². The third-order valence-electron chi connectivity index (χ3n) is 1.48. The van der Waals surface area contributed by atoms with Gasteiger partial charge in [0, 0.05) is 0 Å². The van der Waals surface area contributed by atoms with Crippen molar-refractivity contribution in [1.29, 1.82) is 0 Å². The number of halogens is 2. The van der Waals surface area contributed by atoms with Gasteiger partial charge in [-0.05, 0) is 12.8 Å². The summed E-state index contributed by atoms with van der Waals surface area (Å²) in [6.45, 7) is 3.89. The molecule has 0 aliphatic heterocycles. The highest BCUT2D eigenvalue weighted by Crippen LogP contribution is 2.58. The zero-order valence-corrected chi connectivity index (χ0v) is 11.8. The van der Waals surface area contributed by atoms with Crippen molar-refractivity contribution in [2.75, 3.05) is 0 Å². The molecule has 0 fully saturated rings. The first-order chi connectivity index (χ1) is 4.96. The van der Waals surface area contributed by atoms with Crippen molar-refractivity contribution in [3.63, 3.8) is 0 Å². The molecule has 0 radical (unpaired) electrons. The molecule has 0 saturated carbocycles. The van der Waals surface area contributed by atoms with Crippen LogP contribution < -0.4 is 0 Å². The van der Waals surface area contributed by atoms with Gasteiger partial charge in [0.05, 0.1) is 7.33 Å². The summed E-state index contributed by atoms with van der Waals surface area (Å²) < 4.78 is 11.5. The van der Waals surface area contributed by atoms with Crippen molar-refractivity contribution in [2.24, 2.45) is 0 Å². The molecule has 0 aliphatic carbocycles. The van der Waals surface area contributed by atoms with Gasteiger partial charge in [0.25, 0.3) is 0 Å². The van der Waals surface area contributed by atoms with Crippen molar-refractivity contribution in [3.8, 4) is 0 Å². The first-order valence-electron chi connectivity index (χ1n) is 3.57. The highest BCUT2D eigenvalue weighted by molar-refractivity contribution is 14.1. The molecule has 2 nitrogen and oxygen atoms in total. The van der Waals surface area contributed by atoms with E-state index in [2.05, 4.69) is 45.2 Å². The molecule has 0 spiro atoms. The molecule has 0 amide bonds. The van der Waals surface area contributed by atoms with Crippen LogP contribution in [0.1, 0.15) is 26.7 Å². The Kier molecular flexibility index (Phi) is 6.20. The van der Waals surface area contributed by atoms with Crippen molar-refractivity contribution < 1.29 is 9.46 Å². The van der Waals surface area contributed by atoms with E-state index in [1.54, 1.807) is 0 Å². The van der Waals surface area contributed by atoms with Crippen LogP contribution in [0.3, 0.4) is 0 Å². The zero-order chi connectivity index (χ0) is 9.07. The van der Waals surface area contributed by atoms with Crippen LogP contribution in [0.4, 0.5) is 0 Å². The third-order valence-corrected chi connectivity index (χ3v) is 10.4. The lowest BCUT2D eigenvalue weighted by Gasteiger charge is -2.20. The molecule has 0 aromatic carbocycles. The second-order valence-corrected chi connectivity index (χ2v) is 9.93. The maximum atomic E-state index is 11.6. The summed E-state index contributed by atoms with van der Waals surface area (Å²) >= 11 is 4.14. The van der Waals surface area contributed by atoms with Gasteiger partial charge in [-0.25, -0.2) is 0 Å². The van der Waals surface area contributed by atoms with Gasteiger partial charge in [-0.3, -0.25) is 4.57 Å². The normalized spacial score (nSPS) is 22.3. The maximum Gasteiger partial charge on any atom is 0.225 e. The van der Waals surface area contributed by atoms with Crippen LogP contribution in [-0.2, 0) is 4.57 Å². The Morgan fingerprint density at radius 3 is 1.73 bits per heavy atom. The van der Waals surface area contributed by atoms with E-state index in [0.29, 0.717) is 0 Å². The van der Waals surface area contributed by atoms with Gasteiger partial charge in [0.15, 0.2) is 0 Å². The Labute approximate surface area is 95.3 Å². The first-order valence-corrected chi connectivity index (χ1v) is 7.86. The molecule has 11 heavy (non-hydrogen) atoms. The minimum atomic E-state index is -2.90. The molecule has 68 valence electrons. The average Bonchev–Trinajstić information content (AvgIpc) is 2.01. The van der Waals surface area contributed by atoms with Gasteiger partial charge in [-0.1, -0.05) is 59.0 Å². The fourth-order valence-electron chi connectivity index (χ4n) is 0.699. The van der Waals surface area contributed by atoms with Crippen molar-refractivity contribution in [3.05, 3.63) is 0 Å². The summed E-state index contributed by atoms with van der Waals surface area (Å²) in [5.41, 5.74) is 0. The lowest BCUT2D eigenvalue weighted by Crippen LogP contribution is -2.06. The van der Waals surface area contributed by atoms with E-state index in [0.717, 1.165) is 12.8 Å². The molecule has 0 aliphatic rings. The lowest BCUT2D eigenvalue weighted by atomic mass is 10.6. The Balaban J connectivity index is 4.32. The fraction of sp³-hybridized carbons (Fsp3) is 1.00. The molecule has 2 unspecified atom stereocenters. The van der Waals surface area contributed by atoms with Crippen LogP contribution in [-0.4, -0.2) is 12.2 Å². The highest BCUT2D eigenvalue weighted by atomic mass is 127. The van der Waals surface area contributed by atoms with Crippen LogP contribution in [0.5, 0.6) is 0 Å². The second-order valence-electron chi connectivity index (χ2n) is 2.36. The quantitative estimate of drug-likeness (QED) is 0.444. The van der Waals surface area contributed by atoms with Crippen LogP contribution >= 0.6 is 52.6 Å². The summed E-state index contributed by atoms with van der Waals surface area (Å²) in [6.07, 6.45) is 1.54. The number of hydrogen-bond donors (Lipinski definition) is 1. The predicted octanol–water partition coefficient (Wildman–Crippen LogP) is 3.60. The Morgan fingerprint density at radius 2 is 1.55 bits per heavy atom. The van der Waals surface area contributed by atoms with Gasteiger partial charge in [0.1, 0.15) is 0 Å². The van der Waals surface area contributed by atoms with Gasteiger partial charge >= 0.3 is 0 Å². The molecule has 1 N–H and O–H groups in total. The maximum absolute atomic E-state index is 11.6. The molecule has 0 aromatic rings. The van der Waals surface area contributed by atoms with Crippen LogP contribution in [0.25, 0.3) is 0 Å². The molecule has 0 aromatic heterocycles. The van der Waals surface area contributed by atoms with Gasteiger partial charge in [0.2, 0.25) is 7.37 Å². The monoisotopic (exact) mass is 402 g/mol. The molecule has 2 atom stereocenters. The minimum absolute atomic E-state index is 0.0815. The van der Waals surface area contributed by atoms with Gasteiger partial charge in [-0.2, -0.15) is 0 Å².